The predicted molar refractivity (Wildman–Crippen MR) is 165 cm³/mol. The molecule has 0 aliphatic carbocycles. The molecule has 0 aliphatic heterocycles. The number of aryl methyl sites for hydroxylation is 1. The van der Waals surface area contributed by atoms with Crippen molar-refractivity contribution in [1.82, 2.24) is 9.99 Å². The fourth-order valence-electron chi connectivity index (χ4n) is 4.51. The molecule has 0 spiro atoms. The van der Waals surface area contributed by atoms with Crippen molar-refractivity contribution in [3.05, 3.63) is 132 Å². The van der Waals surface area contributed by atoms with Gasteiger partial charge >= 0.3 is 0 Å². The Morgan fingerprint density at radius 2 is 1.55 bits per heavy atom. The fourth-order valence-corrected chi connectivity index (χ4v) is 4.51. The van der Waals surface area contributed by atoms with Crippen molar-refractivity contribution in [2.45, 2.75) is 6.92 Å². The minimum Gasteiger partial charge on any atom is -0.493 e. The molecule has 0 aliphatic rings. The first-order valence-corrected chi connectivity index (χ1v) is 13.4. The van der Waals surface area contributed by atoms with Crippen LogP contribution in [-0.4, -0.2) is 36.3 Å². The van der Waals surface area contributed by atoms with Gasteiger partial charge in [0.05, 0.1) is 19.0 Å². The van der Waals surface area contributed by atoms with Crippen LogP contribution in [0.2, 0.25) is 0 Å². The third kappa shape index (κ3) is 6.56. The number of amides is 2. The van der Waals surface area contributed by atoms with Crippen molar-refractivity contribution < 1.29 is 19.1 Å². The van der Waals surface area contributed by atoms with Gasteiger partial charge in [0.25, 0.3) is 11.8 Å². The van der Waals surface area contributed by atoms with E-state index in [1.165, 1.54) is 13.3 Å². The number of methoxy groups -OCH3 is 1. The van der Waals surface area contributed by atoms with Gasteiger partial charge in [-0.25, -0.2) is 5.43 Å². The predicted octanol–water partition coefficient (Wildman–Crippen LogP) is 6.24. The fraction of sp³-hybridized carbons (Fsp3) is 0.0882. The molecule has 1 heterocycles. The van der Waals surface area contributed by atoms with Crippen LogP contribution >= 0.6 is 0 Å². The number of carbonyl (C=O) groups excluding carboxylic acids is 2. The third-order valence-corrected chi connectivity index (χ3v) is 6.54. The molecule has 8 heteroatoms. The monoisotopic (exact) mass is 558 g/mol. The molecule has 4 aromatic carbocycles. The van der Waals surface area contributed by atoms with Gasteiger partial charge in [-0.3, -0.25) is 9.59 Å². The van der Waals surface area contributed by atoms with Crippen LogP contribution in [0.15, 0.2) is 120 Å². The van der Waals surface area contributed by atoms with Gasteiger partial charge in [-0.05, 0) is 73.2 Å². The zero-order valence-electron chi connectivity index (χ0n) is 23.3. The molecule has 0 saturated heterocycles. The maximum atomic E-state index is 12.8. The number of aromatic nitrogens is 1. The number of ether oxygens (including phenoxy) is 2. The van der Waals surface area contributed by atoms with Gasteiger partial charge in [-0.2, -0.15) is 5.10 Å². The van der Waals surface area contributed by atoms with E-state index in [1.54, 1.807) is 42.5 Å². The molecule has 5 aromatic rings. The lowest BCUT2D eigenvalue weighted by Gasteiger charge is -2.13. The standard InChI is InChI=1S/C34H30N4O4/c1-24-16-21-30(25-10-5-3-6-11-25)38(24)29-19-17-26(18-20-29)34(40)37-35-22-27-12-9-15-31(41-2)33(27)42-23-32(39)36-28-13-7-4-8-14-28/h3-22H,23H2,1-2H3,(H,36,39)(H,37,40)/b35-22+. The first kappa shape index (κ1) is 27.9. The zero-order valence-corrected chi connectivity index (χ0v) is 23.3. The smallest absolute Gasteiger partial charge is 0.271 e. The van der Waals surface area contributed by atoms with E-state index in [0.717, 1.165) is 22.6 Å². The van der Waals surface area contributed by atoms with Crippen LogP contribution in [-0.2, 0) is 4.79 Å². The van der Waals surface area contributed by atoms with E-state index < -0.39 is 0 Å². The number of benzene rings is 4. The van der Waals surface area contributed by atoms with Crippen molar-refractivity contribution in [3.8, 4) is 28.4 Å². The van der Waals surface area contributed by atoms with Gasteiger partial charge in [-0.15, -0.1) is 0 Å². The lowest BCUT2D eigenvalue weighted by atomic mass is 10.1. The number of carbonyl (C=O) groups is 2. The van der Waals surface area contributed by atoms with E-state index in [4.69, 9.17) is 9.47 Å². The lowest BCUT2D eigenvalue weighted by Crippen LogP contribution is -2.21. The Morgan fingerprint density at radius 1 is 0.833 bits per heavy atom. The second-order valence-electron chi connectivity index (χ2n) is 9.39. The van der Waals surface area contributed by atoms with Crippen molar-refractivity contribution in [2.75, 3.05) is 19.0 Å². The first-order valence-electron chi connectivity index (χ1n) is 13.4. The largest absolute Gasteiger partial charge is 0.493 e. The molecule has 8 nitrogen and oxygen atoms in total. The van der Waals surface area contributed by atoms with Crippen LogP contribution in [0.3, 0.4) is 0 Å². The van der Waals surface area contributed by atoms with Crippen molar-refractivity contribution in [1.29, 1.82) is 0 Å². The molecule has 0 fully saturated rings. The highest BCUT2D eigenvalue weighted by molar-refractivity contribution is 5.95. The molecule has 0 saturated carbocycles. The highest BCUT2D eigenvalue weighted by atomic mass is 16.5. The molecule has 2 amide bonds. The summed E-state index contributed by atoms with van der Waals surface area (Å²) in [6.45, 7) is 1.82. The number of hydrogen-bond donors (Lipinski definition) is 2. The summed E-state index contributed by atoms with van der Waals surface area (Å²) in [6, 6.07) is 36.0. The first-order chi connectivity index (χ1) is 20.5. The molecule has 5 rings (SSSR count). The average Bonchev–Trinajstić information content (AvgIpc) is 3.42. The van der Waals surface area contributed by atoms with E-state index in [9.17, 15) is 9.59 Å². The number of rotatable bonds is 10. The molecular weight excluding hydrogens is 528 g/mol. The van der Waals surface area contributed by atoms with Gasteiger partial charge in [-0.1, -0.05) is 54.6 Å². The lowest BCUT2D eigenvalue weighted by molar-refractivity contribution is -0.118. The van der Waals surface area contributed by atoms with E-state index in [2.05, 4.69) is 44.7 Å². The van der Waals surface area contributed by atoms with Crippen molar-refractivity contribution in [2.24, 2.45) is 5.10 Å². The Hall–Kier alpha value is -5.63. The molecule has 0 radical (unpaired) electrons. The summed E-state index contributed by atoms with van der Waals surface area (Å²) in [5.74, 6) is 0.0843. The second kappa shape index (κ2) is 13.1. The molecule has 0 bridgehead atoms. The molecule has 0 atom stereocenters. The number of nitrogens with zero attached hydrogens (tertiary/aromatic N) is 2. The van der Waals surface area contributed by atoms with Gasteiger partial charge in [0.15, 0.2) is 18.1 Å². The Balaban J connectivity index is 1.25. The van der Waals surface area contributed by atoms with Crippen LogP contribution in [0, 0.1) is 6.92 Å². The van der Waals surface area contributed by atoms with Crippen molar-refractivity contribution in [3.63, 3.8) is 0 Å². The Morgan fingerprint density at radius 3 is 2.26 bits per heavy atom. The highest BCUT2D eigenvalue weighted by Gasteiger charge is 2.13. The molecule has 2 N–H and O–H groups in total. The van der Waals surface area contributed by atoms with Crippen LogP contribution in [0.1, 0.15) is 21.6 Å². The molecule has 42 heavy (non-hydrogen) atoms. The normalized spacial score (nSPS) is 10.8. The van der Waals surface area contributed by atoms with Gasteiger partial charge < -0.3 is 19.4 Å². The molecular formula is C34H30N4O4. The molecule has 0 unspecified atom stereocenters. The van der Waals surface area contributed by atoms with Crippen molar-refractivity contribution >= 4 is 23.7 Å². The van der Waals surface area contributed by atoms with Gasteiger partial charge in [0.2, 0.25) is 0 Å². The van der Waals surface area contributed by atoms with Gasteiger partial charge in [0, 0.05) is 28.2 Å². The Bertz CT molecular complexity index is 1700. The minimum absolute atomic E-state index is 0.234. The number of hydrazone groups is 1. The Labute approximate surface area is 244 Å². The van der Waals surface area contributed by atoms with Gasteiger partial charge in [0.1, 0.15) is 0 Å². The summed E-state index contributed by atoms with van der Waals surface area (Å²) in [4.78, 5) is 25.2. The summed E-state index contributed by atoms with van der Waals surface area (Å²) in [6.07, 6.45) is 1.45. The Kier molecular flexibility index (Phi) is 8.74. The maximum Gasteiger partial charge on any atom is 0.271 e. The second-order valence-corrected chi connectivity index (χ2v) is 9.39. The molecule has 1 aromatic heterocycles. The van der Waals surface area contributed by atoms with Crippen LogP contribution in [0.25, 0.3) is 16.9 Å². The van der Waals surface area contributed by atoms with E-state index in [1.807, 2.05) is 55.5 Å². The van der Waals surface area contributed by atoms with Crippen LogP contribution in [0.5, 0.6) is 11.5 Å². The SMILES string of the molecule is COc1cccc(/C=N/NC(=O)c2ccc(-n3c(C)ccc3-c3ccccc3)cc2)c1OCC(=O)Nc1ccccc1. The van der Waals surface area contributed by atoms with E-state index >= 15 is 0 Å². The maximum absolute atomic E-state index is 12.8. The third-order valence-electron chi connectivity index (χ3n) is 6.54. The summed E-state index contributed by atoms with van der Waals surface area (Å²) >= 11 is 0. The van der Waals surface area contributed by atoms with Crippen LogP contribution < -0.4 is 20.2 Å². The van der Waals surface area contributed by atoms with Crippen LogP contribution in [0.4, 0.5) is 5.69 Å². The summed E-state index contributed by atoms with van der Waals surface area (Å²) in [7, 11) is 1.51. The van der Waals surface area contributed by atoms with E-state index in [0.29, 0.717) is 28.3 Å². The summed E-state index contributed by atoms with van der Waals surface area (Å²) in [5, 5.41) is 6.90. The molecule has 210 valence electrons. The minimum atomic E-state index is -0.363. The van der Waals surface area contributed by atoms with E-state index in [-0.39, 0.29) is 18.4 Å². The zero-order chi connectivity index (χ0) is 29.3. The topological polar surface area (TPSA) is 93.9 Å². The highest BCUT2D eigenvalue weighted by Crippen LogP contribution is 2.30. The number of anilines is 1. The number of para-hydroxylation sites is 2. The summed E-state index contributed by atoms with van der Waals surface area (Å²) < 4.78 is 13.4. The summed E-state index contributed by atoms with van der Waals surface area (Å²) in [5.41, 5.74) is 8.45. The number of hydrogen-bond acceptors (Lipinski definition) is 5. The average molecular weight is 559 g/mol. The number of nitrogens with one attached hydrogen (secondary N) is 2. The quantitative estimate of drug-likeness (QED) is 0.157.